The topological polar surface area (TPSA) is 16.4 Å². The predicted molar refractivity (Wildman–Crippen MR) is 78.3 cm³/mol. The lowest BCUT2D eigenvalue weighted by Crippen LogP contribution is -2.28. The van der Waals surface area contributed by atoms with Crippen molar-refractivity contribution in [2.45, 2.75) is 25.8 Å². The van der Waals surface area contributed by atoms with Crippen LogP contribution in [-0.2, 0) is 6.54 Å². The van der Waals surface area contributed by atoms with Crippen molar-refractivity contribution in [2.75, 3.05) is 13.1 Å². The van der Waals surface area contributed by atoms with E-state index in [9.17, 15) is 0 Å². The molecule has 0 unspecified atom stereocenters. The van der Waals surface area contributed by atoms with Crippen molar-refractivity contribution in [1.29, 1.82) is 0 Å². The van der Waals surface area contributed by atoms with Gasteiger partial charge in [-0.15, -0.1) is 0 Å². The van der Waals surface area contributed by atoms with E-state index in [2.05, 4.69) is 11.0 Å². The van der Waals surface area contributed by atoms with Crippen LogP contribution in [0, 0.1) is 0 Å². The van der Waals surface area contributed by atoms with Gasteiger partial charge in [0.25, 0.3) is 0 Å². The molecule has 3 heteroatoms. The van der Waals surface area contributed by atoms with Crippen molar-refractivity contribution in [3.05, 3.63) is 47.2 Å². The summed E-state index contributed by atoms with van der Waals surface area (Å²) in [5.74, 6) is 1.88. The zero-order valence-corrected chi connectivity index (χ0v) is 11.7. The fourth-order valence-corrected chi connectivity index (χ4v) is 2.84. The van der Waals surface area contributed by atoms with Gasteiger partial charge in [0.05, 0.1) is 11.6 Å². The highest BCUT2D eigenvalue weighted by Crippen LogP contribution is 2.29. The highest BCUT2D eigenvalue weighted by molar-refractivity contribution is 6.33. The van der Waals surface area contributed by atoms with Gasteiger partial charge in [0.1, 0.15) is 11.5 Å². The molecule has 2 aromatic rings. The Morgan fingerprint density at radius 2 is 1.79 bits per heavy atom. The van der Waals surface area contributed by atoms with Crippen molar-refractivity contribution < 1.29 is 4.42 Å². The highest BCUT2D eigenvalue weighted by Gasteiger charge is 2.13. The normalized spacial score (nSPS) is 16.7. The molecule has 0 radical (unpaired) electrons. The summed E-state index contributed by atoms with van der Waals surface area (Å²) in [5, 5.41) is 0.737. The predicted octanol–water partition coefficient (Wildman–Crippen LogP) is 4.59. The molecule has 0 atom stereocenters. The maximum absolute atomic E-state index is 6.19. The van der Waals surface area contributed by atoms with Gasteiger partial charge in [0.2, 0.25) is 0 Å². The van der Waals surface area contributed by atoms with Crippen molar-refractivity contribution >= 4 is 11.6 Å². The van der Waals surface area contributed by atoms with Gasteiger partial charge < -0.3 is 4.42 Å². The van der Waals surface area contributed by atoms with Crippen molar-refractivity contribution in [3.8, 4) is 11.3 Å². The Morgan fingerprint density at radius 3 is 2.58 bits per heavy atom. The number of hydrogen-bond donors (Lipinski definition) is 0. The maximum Gasteiger partial charge on any atom is 0.135 e. The summed E-state index contributed by atoms with van der Waals surface area (Å²) in [6.45, 7) is 3.27. The second-order valence-electron chi connectivity index (χ2n) is 5.08. The number of rotatable bonds is 3. The molecule has 2 heterocycles. The number of furan rings is 1. The fraction of sp³-hybridized carbons (Fsp3) is 0.375. The number of hydrogen-bond acceptors (Lipinski definition) is 2. The molecule has 1 aliphatic rings. The molecule has 0 amide bonds. The molecule has 0 spiro atoms. The van der Waals surface area contributed by atoms with Gasteiger partial charge in [-0.2, -0.15) is 0 Å². The largest absolute Gasteiger partial charge is 0.460 e. The SMILES string of the molecule is Clc1ccccc1-c1ccc(CN2CCCCC2)o1. The van der Waals surface area contributed by atoms with Crippen LogP contribution in [0.2, 0.25) is 5.02 Å². The summed E-state index contributed by atoms with van der Waals surface area (Å²) in [6, 6.07) is 11.9. The first kappa shape index (κ1) is 12.8. The van der Waals surface area contributed by atoms with Crippen molar-refractivity contribution in [1.82, 2.24) is 4.90 Å². The van der Waals surface area contributed by atoms with E-state index in [1.807, 2.05) is 30.3 Å². The van der Waals surface area contributed by atoms with Crippen molar-refractivity contribution in [3.63, 3.8) is 0 Å². The Kier molecular flexibility index (Phi) is 3.90. The van der Waals surface area contributed by atoms with Crippen molar-refractivity contribution in [2.24, 2.45) is 0 Å². The number of halogens is 1. The van der Waals surface area contributed by atoms with E-state index < -0.39 is 0 Å². The second kappa shape index (κ2) is 5.81. The van der Waals surface area contributed by atoms with Gasteiger partial charge in [-0.05, 0) is 50.2 Å². The molecule has 0 aliphatic carbocycles. The third kappa shape index (κ3) is 3.02. The minimum absolute atomic E-state index is 0.737. The number of likely N-dealkylation sites (tertiary alicyclic amines) is 1. The molecule has 1 aromatic heterocycles. The van der Waals surface area contributed by atoms with E-state index in [1.54, 1.807) is 0 Å². The summed E-state index contributed by atoms with van der Waals surface area (Å²) >= 11 is 6.19. The van der Waals surface area contributed by atoms with Crippen LogP contribution in [0.3, 0.4) is 0 Å². The van der Waals surface area contributed by atoms with Crippen LogP contribution in [0.4, 0.5) is 0 Å². The molecule has 0 N–H and O–H groups in total. The van der Waals surface area contributed by atoms with Crippen LogP contribution >= 0.6 is 11.6 Å². The van der Waals surface area contributed by atoms with Crippen LogP contribution in [0.25, 0.3) is 11.3 Å². The first-order valence-electron chi connectivity index (χ1n) is 6.89. The van der Waals surface area contributed by atoms with E-state index in [4.69, 9.17) is 16.0 Å². The fourth-order valence-electron chi connectivity index (χ4n) is 2.61. The molecule has 2 nitrogen and oxygen atoms in total. The molecule has 19 heavy (non-hydrogen) atoms. The quantitative estimate of drug-likeness (QED) is 0.815. The maximum atomic E-state index is 6.19. The van der Waals surface area contributed by atoms with E-state index in [-0.39, 0.29) is 0 Å². The molecule has 0 saturated carbocycles. The van der Waals surface area contributed by atoms with E-state index in [1.165, 1.54) is 32.4 Å². The Bertz CT molecular complexity index is 543. The van der Waals surface area contributed by atoms with Gasteiger partial charge in [-0.3, -0.25) is 4.90 Å². The minimum atomic E-state index is 0.737. The molecule has 3 rings (SSSR count). The average molecular weight is 276 g/mol. The van der Waals surface area contributed by atoms with Gasteiger partial charge in [0.15, 0.2) is 0 Å². The number of benzene rings is 1. The van der Waals surface area contributed by atoms with Gasteiger partial charge >= 0.3 is 0 Å². The van der Waals surface area contributed by atoms with Crippen LogP contribution in [0.5, 0.6) is 0 Å². The number of piperidine rings is 1. The van der Waals surface area contributed by atoms with E-state index in [0.29, 0.717) is 0 Å². The number of nitrogens with zero attached hydrogens (tertiary/aromatic N) is 1. The smallest absolute Gasteiger partial charge is 0.135 e. The van der Waals surface area contributed by atoms with Crippen LogP contribution in [-0.4, -0.2) is 18.0 Å². The average Bonchev–Trinajstić information content (AvgIpc) is 2.89. The molecular weight excluding hydrogens is 258 g/mol. The van der Waals surface area contributed by atoms with E-state index in [0.717, 1.165) is 28.7 Å². The molecular formula is C16H18ClNO. The molecule has 1 aromatic carbocycles. The molecule has 1 fully saturated rings. The zero-order valence-electron chi connectivity index (χ0n) is 10.9. The zero-order chi connectivity index (χ0) is 13.1. The minimum Gasteiger partial charge on any atom is -0.460 e. The lowest BCUT2D eigenvalue weighted by molar-refractivity contribution is 0.206. The Hall–Kier alpha value is -1.25. The Balaban J connectivity index is 1.74. The molecule has 1 saturated heterocycles. The Labute approximate surface area is 119 Å². The van der Waals surface area contributed by atoms with Crippen LogP contribution in [0.1, 0.15) is 25.0 Å². The standard InChI is InChI=1S/C16H18ClNO/c17-15-7-3-2-6-14(15)16-9-8-13(19-16)12-18-10-4-1-5-11-18/h2-3,6-9H,1,4-5,10-12H2. The van der Waals surface area contributed by atoms with Gasteiger partial charge in [0, 0.05) is 5.56 Å². The Morgan fingerprint density at radius 1 is 1.00 bits per heavy atom. The van der Waals surface area contributed by atoms with E-state index >= 15 is 0 Å². The summed E-state index contributed by atoms with van der Waals surface area (Å²) in [4.78, 5) is 2.46. The summed E-state index contributed by atoms with van der Waals surface area (Å²) in [6.07, 6.45) is 3.97. The van der Waals surface area contributed by atoms with Crippen LogP contribution < -0.4 is 0 Å². The summed E-state index contributed by atoms with van der Waals surface area (Å²) < 4.78 is 5.93. The lowest BCUT2D eigenvalue weighted by atomic mass is 10.1. The molecule has 100 valence electrons. The second-order valence-corrected chi connectivity index (χ2v) is 5.49. The third-order valence-corrected chi connectivity index (χ3v) is 3.96. The van der Waals surface area contributed by atoms with Gasteiger partial charge in [-0.1, -0.05) is 30.2 Å². The summed E-state index contributed by atoms with van der Waals surface area (Å²) in [5.41, 5.74) is 0.967. The lowest BCUT2D eigenvalue weighted by Gasteiger charge is -2.25. The van der Waals surface area contributed by atoms with Gasteiger partial charge in [-0.25, -0.2) is 0 Å². The third-order valence-electron chi connectivity index (χ3n) is 3.63. The first-order valence-corrected chi connectivity index (χ1v) is 7.27. The highest BCUT2D eigenvalue weighted by atomic mass is 35.5. The molecule has 0 bridgehead atoms. The first-order chi connectivity index (χ1) is 9.33. The summed E-state index contributed by atoms with van der Waals surface area (Å²) in [7, 11) is 0. The molecule has 1 aliphatic heterocycles. The van der Waals surface area contributed by atoms with Crippen LogP contribution in [0.15, 0.2) is 40.8 Å². The monoisotopic (exact) mass is 275 g/mol.